The minimum absolute atomic E-state index is 0. The van der Waals surface area contributed by atoms with Crippen LogP contribution in [-0.4, -0.2) is 5.78 Å². The third-order valence-corrected chi connectivity index (χ3v) is 3.43. The van der Waals surface area contributed by atoms with Crippen molar-refractivity contribution in [2.75, 3.05) is 0 Å². The molecule has 1 nitrogen and oxygen atoms in total. The molecule has 0 atom stereocenters. The molecule has 0 saturated heterocycles. The Morgan fingerprint density at radius 2 is 0.920 bits per heavy atom. The van der Waals surface area contributed by atoms with Crippen molar-refractivity contribution in [3.8, 4) is 0 Å². The summed E-state index contributed by atoms with van der Waals surface area (Å²) in [5, 5.41) is 0. The van der Waals surface area contributed by atoms with Gasteiger partial charge in [0, 0.05) is 5.56 Å². The molecular weight excluding hydrogens is 419 g/mol. The van der Waals surface area contributed by atoms with Crippen LogP contribution in [0.25, 0.3) is 0 Å². The number of halogens is 1. The van der Waals surface area contributed by atoms with Crippen LogP contribution in [0.15, 0.2) is 30.3 Å². The zero-order valence-corrected chi connectivity index (χ0v) is 19.0. The van der Waals surface area contributed by atoms with E-state index in [1.807, 2.05) is 58.0 Å². The largest absolute Gasteiger partial charge is 0.295 e. The first-order chi connectivity index (χ1) is 9.55. The molecule has 0 unspecified atom stereocenters. The van der Waals surface area contributed by atoms with E-state index in [2.05, 4.69) is 41.5 Å². The smallest absolute Gasteiger partial charge is 0.159 e. The average molecular weight is 471 g/mol. The Kier molecular flexibility index (Phi) is 41.8. The number of carbonyl (C=O) groups excluding carboxylic acids is 1. The van der Waals surface area contributed by atoms with Crippen molar-refractivity contribution < 1.29 is 4.79 Å². The molecule has 25 heavy (non-hydrogen) atoms. The zero-order valence-electron chi connectivity index (χ0n) is 16.7. The molecule has 0 aliphatic heterocycles. The number of hydrogen-bond acceptors (Lipinski definition) is 1. The van der Waals surface area contributed by atoms with Gasteiger partial charge in [0.2, 0.25) is 0 Å². The topological polar surface area (TPSA) is 17.1 Å². The normalized spacial score (nSPS) is 8.28. The first-order valence-corrected chi connectivity index (χ1v) is 8.11. The van der Waals surface area contributed by atoms with Crippen molar-refractivity contribution in [1.82, 2.24) is 0 Å². The van der Waals surface area contributed by atoms with Gasteiger partial charge in [-0.05, 0) is 17.8 Å². The van der Waals surface area contributed by atoms with Gasteiger partial charge in [-0.3, -0.25) is 4.79 Å². The highest BCUT2D eigenvalue weighted by Crippen LogP contribution is 2.36. The monoisotopic (exact) mass is 470 g/mol. The van der Waals surface area contributed by atoms with Crippen LogP contribution < -0.4 is 0 Å². The van der Waals surface area contributed by atoms with E-state index in [1.54, 1.807) is 6.92 Å². The summed E-state index contributed by atoms with van der Waals surface area (Å²) < 4.78 is 0. The first kappa shape index (κ1) is 44.2. The predicted octanol–water partition coefficient (Wildman–Crippen LogP) is 9.55. The van der Waals surface area contributed by atoms with Gasteiger partial charge < -0.3 is 0 Å². The van der Waals surface area contributed by atoms with Crippen LogP contribution >= 0.6 is 24.0 Å². The molecule has 0 N–H and O–H groups in total. The molecule has 2 heteroatoms. The van der Waals surface area contributed by atoms with Crippen molar-refractivity contribution in [1.29, 1.82) is 0 Å². The molecule has 0 amide bonds. The lowest BCUT2D eigenvalue weighted by Crippen LogP contribution is -2.25. The number of carbonyl (C=O) groups is 1. The number of hydrogen-bond donors (Lipinski definition) is 0. The van der Waals surface area contributed by atoms with Gasteiger partial charge in [-0.2, -0.15) is 0 Å². The van der Waals surface area contributed by atoms with E-state index in [0.29, 0.717) is 10.8 Å². The Morgan fingerprint density at radius 3 is 1.04 bits per heavy atom. The molecule has 0 fully saturated rings. The maximum atomic E-state index is 10.6. The highest BCUT2D eigenvalue weighted by molar-refractivity contribution is 14.0. The van der Waals surface area contributed by atoms with Crippen LogP contribution in [0.4, 0.5) is 0 Å². The molecule has 0 aliphatic carbocycles. The van der Waals surface area contributed by atoms with Gasteiger partial charge in [0.15, 0.2) is 5.78 Å². The van der Waals surface area contributed by atoms with Crippen LogP contribution in [0.1, 0.15) is 109 Å². The second kappa shape index (κ2) is 23.6. The highest BCUT2D eigenvalue weighted by atomic mass is 127. The summed E-state index contributed by atoms with van der Waals surface area (Å²) in [6, 6.07) is 9.23. The van der Waals surface area contributed by atoms with E-state index in [4.69, 9.17) is 0 Å². The van der Waals surface area contributed by atoms with Gasteiger partial charge in [0.1, 0.15) is 0 Å². The molecule has 0 radical (unpaired) electrons. The number of Topliss-reactive ketones (excluding diaryl/α,β-unsaturated/α-hetero) is 1. The van der Waals surface area contributed by atoms with Crippen molar-refractivity contribution in [3.05, 3.63) is 35.9 Å². The van der Waals surface area contributed by atoms with Gasteiger partial charge >= 0.3 is 0 Å². The Labute approximate surface area is 179 Å². The van der Waals surface area contributed by atoms with Crippen LogP contribution in [0, 0.1) is 10.8 Å². The van der Waals surface area contributed by atoms with E-state index in [0.717, 1.165) is 5.56 Å². The molecule has 156 valence electrons. The highest BCUT2D eigenvalue weighted by Gasteiger charge is 2.26. The maximum Gasteiger partial charge on any atom is 0.159 e. The molecule has 0 spiro atoms. The molecule has 0 aliphatic rings. The van der Waals surface area contributed by atoms with Crippen molar-refractivity contribution in [2.24, 2.45) is 10.8 Å². The zero-order chi connectivity index (χ0) is 17.7. The summed E-state index contributed by atoms with van der Waals surface area (Å²) in [6.45, 7) is 23.2. The third kappa shape index (κ3) is 26.0. The lowest BCUT2D eigenvalue weighted by atomic mass is 9.71. The Bertz CT molecular complexity index is 331. The summed E-state index contributed by atoms with van der Waals surface area (Å²) in [7, 11) is 0. The van der Waals surface area contributed by atoms with Crippen LogP contribution in [0.2, 0.25) is 0 Å². The molecule has 1 aromatic rings. The van der Waals surface area contributed by atoms with E-state index in [1.165, 1.54) is 0 Å². The first-order valence-electron chi connectivity index (χ1n) is 8.11. The SMILES string of the molecule is C.C.C.CC.CC.CC(=O)c1ccccc1.CC(C)(C)C(C)(C)C.I. The Hall–Kier alpha value is -0.380. The molecule has 0 saturated carbocycles. The summed E-state index contributed by atoms with van der Waals surface area (Å²) >= 11 is 0. The second-order valence-corrected chi connectivity index (χ2v) is 6.42. The van der Waals surface area contributed by atoms with Crippen LogP contribution in [-0.2, 0) is 0 Å². The number of rotatable bonds is 1. The molecule has 0 heterocycles. The van der Waals surface area contributed by atoms with Gasteiger partial charge in [-0.1, -0.05) is 122 Å². The lowest BCUT2D eigenvalue weighted by Gasteiger charge is -2.34. The molecule has 0 bridgehead atoms. The predicted molar refractivity (Wildman–Crippen MR) is 134 cm³/mol. The average Bonchev–Trinajstić information content (AvgIpc) is 2.43. The van der Waals surface area contributed by atoms with Crippen molar-refractivity contribution >= 4 is 29.8 Å². The summed E-state index contributed by atoms with van der Waals surface area (Å²) in [5.41, 5.74) is 1.65. The van der Waals surface area contributed by atoms with Gasteiger partial charge in [0.05, 0.1) is 0 Å². The standard InChI is InChI=1S/C8H8O.C8H18.2C2H6.3CH4.HI/c1-7(9)8-5-3-2-4-6-8;1-7(2,3)8(4,5)6;2*1-2;;;;/h2-6H,1H3;1-6H3;2*1-2H3;3*1H4;1H. The number of ketones is 1. The van der Waals surface area contributed by atoms with Crippen LogP contribution in [0.3, 0.4) is 0 Å². The van der Waals surface area contributed by atoms with E-state index in [-0.39, 0.29) is 52.0 Å². The molecule has 1 aromatic carbocycles. The lowest BCUT2D eigenvalue weighted by molar-refractivity contribution is 0.101. The fourth-order valence-corrected chi connectivity index (χ4v) is 0.673. The fourth-order valence-electron chi connectivity index (χ4n) is 0.673. The molecular formula is C23H51IO. The van der Waals surface area contributed by atoms with Gasteiger partial charge in [-0.15, -0.1) is 24.0 Å². The summed E-state index contributed by atoms with van der Waals surface area (Å²) in [6.07, 6.45) is 0. The fraction of sp³-hybridized carbons (Fsp3) is 0.696. The quantitative estimate of drug-likeness (QED) is 0.295. The third-order valence-electron chi connectivity index (χ3n) is 3.43. The summed E-state index contributed by atoms with van der Waals surface area (Å²) in [5.74, 6) is 0.121. The number of benzene rings is 1. The van der Waals surface area contributed by atoms with Crippen molar-refractivity contribution in [3.63, 3.8) is 0 Å². The summed E-state index contributed by atoms with van der Waals surface area (Å²) in [4.78, 5) is 10.6. The van der Waals surface area contributed by atoms with E-state index >= 15 is 0 Å². The minimum atomic E-state index is 0. The van der Waals surface area contributed by atoms with Crippen LogP contribution in [0.5, 0.6) is 0 Å². The molecule has 0 aromatic heterocycles. The van der Waals surface area contributed by atoms with Gasteiger partial charge in [-0.25, -0.2) is 0 Å². The van der Waals surface area contributed by atoms with Crippen molar-refractivity contribution in [2.45, 2.75) is 98.4 Å². The Balaban J connectivity index is -0.0000000382. The van der Waals surface area contributed by atoms with E-state index < -0.39 is 0 Å². The maximum absolute atomic E-state index is 10.6. The molecule has 1 rings (SSSR count). The van der Waals surface area contributed by atoms with E-state index in [9.17, 15) is 4.79 Å². The van der Waals surface area contributed by atoms with Gasteiger partial charge in [0.25, 0.3) is 0 Å². The second-order valence-electron chi connectivity index (χ2n) is 6.42. The minimum Gasteiger partial charge on any atom is -0.295 e. The Morgan fingerprint density at radius 1 is 0.680 bits per heavy atom.